The van der Waals surface area contributed by atoms with E-state index in [1.807, 2.05) is 24.3 Å². The van der Waals surface area contributed by atoms with Crippen LogP contribution in [0.4, 0.5) is 5.69 Å². The van der Waals surface area contributed by atoms with Crippen molar-refractivity contribution in [2.45, 2.75) is 13.2 Å². The van der Waals surface area contributed by atoms with Gasteiger partial charge in [0.2, 0.25) is 0 Å². The molecule has 0 radical (unpaired) electrons. The van der Waals surface area contributed by atoms with Crippen LogP contribution >= 0.6 is 15.9 Å². The molecule has 0 aromatic heterocycles. The van der Waals surface area contributed by atoms with Crippen molar-refractivity contribution >= 4 is 27.5 Å². The van der Waals surface area contributed by atoms with Crippen LogP contribution in [0.3, 0.4) is 0 Å². The molecule has 0 unspecified atom stereocenters. The third kappa shape index (κ3) is 4.06. The number of nitrogen functional groups attached to an aromatic ring is 1. The van der Waals surface area contributed by atoms with E-state index in [1.54, 1.807) is 25.3 Å². The first kappa shape index (κ1) is 15.5. The first-order chi connectivity index (χ1) is 10.1. The highest BCUT2D eigenvalue weighted by Gasteiger charge is 2.11. The molecule has 2 aromatic carbocycles. The van der Waals surface area contributed by atoms with Gasteiger partial charge in [-0.2, -0.15) is 0 Å². The number of halogens is 1. The van der Waals surface area contributed by atoms with Gasteiger partial charge in [0.1, 0.15) is 0 Å². The summed E-state index contributed by atoms with van der Waals surface area (Å²) in [5, 5.41) is 2.89. The van der Waals surface area contributed by atoms with Crippen LogP contribution in [-0.4, -0.2) is 13.0 Å². The summed E-state index contributed by atoms with van der Waals surface area (Å²) in [6.07, 6.45) is 0. The first-order valence-electron chi connectivity index (χ1n) is 6.50. The van der Waals surface area contributed by atoms with E-state index in [2.05, 4.69) is 21.2 Å². The Hall–Kier alpha value is -1.85. The van der Waals surface area contributed by atoms with Crippen LogP contribution in [-0.2, 0) is 17.9 Å². The Bertz CT molecular complexity index is 644. The number of rotatable bonds is 5. The maximum Gasteiger partial charge on any atom is 0.252 e. The lowest BCUT2D eigenvalue weighted by Gasteiger charge is -2.09. The molecule has 1 amide bonds. The van der Waals surface area contributed by atoms with Gasteiger partial charge in [-0.05, 0) is 39.2 Å². The fraction of sp³-hybridized carbons (Fsp3) is 0.188. The number of methoxy groups -OCH3 is 1. The minimum absolute atomic E-state index is 0.161. The monoisotopic (exact) mass is 348 g/mol. The molecule has 0 aliphatic rings. The maximum absolute atomic E-state index is 12.2. The van der Waals surface area contributed by atoms with E-state index >= 15 is 0 Å². The zero-order valence-corrected chi connectivity index (χ0v) is 13.3. The van der Waals surface area contributed by atoms with E-state index in [-0.39, 0.29) is 5.91 Å². The molecule has 5 heteroatoms. The molecule has 2 rings (SSSR count). The molecule has 0 bridgehead atoms. The number of carbonyl (C=O) groups is 1. The number of anilines is 1. The smallest absolute Gasteiger partial charge is 0.252 e. The van der Waals surface area contributed by atoms with Crippen molar-refractivity contribution in [1.82, 2.24) is 5.32 Å². The van der Waals surface area contributed by atoms with E-state index in [0.29, 0.717) is 28.9 Å². The van der Waals surface area contributed by atoms with Crippen molar-refractivity contribution in [2.75, 3.05) is 12.8 Å². The number of ether oxygens (including phenoxy) is 1. The summed E-state index contributed by atoms with van der Waals surface area (Å²) >= 11 is 3.34. The van der Waals surface area contributed by atoms with Crippen molar-refractivity contribution in [1.29, 1.82) is 0 Å². The van der Waals surface area contributed by atoms with Crippen molar-refractivity contribution in [3.63, 3.8) is 0 Å². The third-order valence-electron chi connectivity index (χ3n) is 3.03. The number of hydrogen-bond acceptors (Lipinski definition) is 3. The van der Waals surface area contributed by atoms with Crippen molar-refractivity contribution < 1.29 is 9.53 Å². The number of carbonyl (C=O) groups excluding carboxylic acids is 1. The molecule has 110 valence electrons. The third-order valence-corrected chi connectivity index (χ3v) is 3.91. The standard InChI is InChI=1S/C16H17BrN2O2/c1-21-10-12-5-2-4-11(8-12)9-19-16(20)13-6-3-7-14(18)15(13)17/h2-8H,9-10,18H2,1H3,(H,19,20). The number of benzene rings is 2. The van der Waals surface area contributed by atoms with Gasteiger partial charge in [-0.25, -0.2) is 0 Å². The van der Waals surface area contributed by atoms with Crippen molar-refractivity contribution in [3.8, 4) is 0 Å². The summed E-state index contributed by atoms with van der Waals surface area (Å²) in [7, 11) is 1.66. The molecule has 21 heavy (non-hydrogen) atoms. The average molecular weight is 349 g/mol. The van der Waals surface area contributed by atoms with Gasteiger partial charge in [0.15, 0.2) is 0 Å². The van der Waals surface area contributed by atoms with Gasteiger partial charge in [-0.3, -0.25) is 4.79 Å². The molecule has 0 heterocycles. The Balaban J connectivity index is 2.04. The summed E-state index contributed by atoms with van der Waals surface area (Å²) < 4.78 is 5.72. The summed E-state index contributed by atoms with van der Waals surface area (Å²) in [4.78, 5) is 12.2. The van der Waals surface area contributed by atoms with Crippen LogP contribution in [0.2, 0.25) is 0 Å². The molecule has 0 fully saturated rings. The second-order valence-electron chi connectivity index (χ2n) is 4.64. The summed E-state index contributed by atoms with van der Waals surface area (Å²) in [5.74, 6) is -0.161. The van der Waals surface area contributed by atoms with Crippen LogP contribution in [0.15, 0.2) is 46.9 Å². The van der Waals surface area contributed by atoms with E-state index in [4.69, 9.17) is 10.5 Å². The molecule has 0 aliphatic heterocycles. The number of nitrogens with two attached hydrogens (primary N) is 1. The van der Waals surface area contributed by atoms with E-state index in [0.717, 1.165) is 11.1 Å². The molecular weight excluding hydrogens is 332 g/mol. The second-order valence-corrected chi connectivity index (χ2v) is 5.44. The zero-order chi connectivity index (χ0) is 15.2. The van der Waals surface area contributed by atoms with Gasteiger partial charge < -0.3 is 15.8 Å². The molecule has 0 atom stereocenters. The Morgan fingerprint density at radius 3 is 2.71 bits per heavy atom. The molecule has 2 aromatic rings. The van der Waals surface area contributed by atoms with Crippen LogP contribution in [0.25, 0.3) is 0 Å². The molecule has 0 saturated carbocycles. The molecular formula is C16H17BrN2O2. The summed E-state index contributed by atoms with van der Waals surface area (Å²) in [6.45, 7) is 1.01. The quantitative estimate of drug-likeness (QED) is 0.816. The van der Waals surface area contributed by atoms with Crippen molar-refractivity contribution in [2.24, 2.45) is 0 Å². The van der Waals surface area contributed by atoms with Gasteiger partial charge >= 0.3 is 0 Å². The predicted molar refractivity (Wildman–Crippen MR) is 86.9 cm³/mol. The van der Waals surface area contributed by atoms with Gasteiger partial charge in [-0.15, -0.1) is 0 Å². The Morgan fingerprint density at radius 1 is 1.24 bits per heavy atom. The van der Waals surface area contributed by atoms with Gasteiger partial charge in [-0.1, -0.05) is 30.3 Å². The first-order valence-corrected chi connectivity index (χ1v) is 7.30. The van der Waals surface area contributed by atoms with Gasteiger partial charge in [0, 0.05) is 19.3 Å². The normalized spacial score (nSPS) is 10.4. The van der Waals surface area contributed by atoms with E-state index < -0.39 is 0 Å². The fourth-order valence-corrected chi connectivity index (χ4v) is 2.44. The number of nitrogens with one attached hydrogen (secondary N) is 1. The minimum Gasteiger partial charge on any atom is -0.398 e. The highest BCUT2D eigenvalue weighted by molar-refractivity contribution is 9.10. The lowest BCUT2D eigenvalue weighted by Crippen LogP contribution is -2.23. The molecule has 0 saturated heterocycles. The SMILES string of the molecule is COCc1cccc(CNC(=O)c2cccc(N)c2Br)c1. The van der Waals surface area contributed by atoms with Crippen LogP contribution in [0.1, 0.15) is 21.5 Å². The number of amides is 1. The van der Waals surface area contributed by atoms with E-state index in [1.165, 1.54) is 0 Å². The molecule has 4 nitrogen and oxygen atoms in total. The Kier molecular flexibility index (Phi) is 5.36. The zero-order valence-electron chi connectivity index (χ0n) is 11.7. The Morgan fingerprint density at radius 2 is 1.95 bits per heavy atom. The van der Waals surface area contributed by atoms with Crippen molar-refractivity contribution in [3.05, 3.63) is 63.6 Å². The molecule has 0 spiro atoms. The minimum atomic E-state index is -0.161. The fourth-order valence-electron chi connectivity index (χ4n) is 2.00. The van der Waals surface area contributed by atoms with Crippen LogP contribution in [0.5, 0.6) is 0 Å². The maximum atomic E-state index is 12.2. The summed E-state index contributed by atoms with van der Waals surface area (Å²) in [5.41, 5.74) is 8.96. The molecule has 3 N–H and O–H groups in total. The number of hydrogen-bond donors (Lipinski definition) is 2. The lowest BCUT2D eigenvalue weighted by molar-refractivity contribution is 0.0950. The Labute approximate surface area is 132 Å². The van der Waals surface area contributed by atoms with Crippen LogP contribution < -0.4 is 11.1 Å². The predicted octanol–water partition coefficient (Wildman–Crippen LogP) is 3.11. The van der Waals surface area contributed by atoms with Gasteiger partial charge in [0.25, 0.3) is 5.91 Å². The van der Waals surface area contributed by atoms with Crippen LogP contribution in [0, 0.1) is 0 Å². The highest BCUT2D eigenvalue weighted by atomic mass is 79.9. The lowest BCUT2D eigenvalue weighted by atomic mass is 10.1. The summed E-state index contributed by atoms with van der Waals surface area (Å²) in [6, 6.07) is 13.2. The average Bonchev–Trinajstić information content (AvgIpc) is 2.48. The highest BCUT2D eigenvalue weighted by Crippen LogP contribution is 2.23. The topological polar surface area (TPSA) is 64.3 Å². The largest absolute Gasteiger partial charge is 0.398 e. The molecule has 0 aliphatic carbocycles. The second kappa shape index (κ2) is 7.24. The van der Waals surface area contributed by atoms with E-state index in [9.17, 15) is 4.79 Å². The van der Waals surface area contributed by atoms with Gasteiger partial charge in [0.05, 0.1) is 16.6 Å².